The number of rotatable bonds is 9. The highest BCUT2D eigenvalue weighted by molar-refractivity contribution is 7.17. The van der Waals surface area contributed by atoms with E-state index in [9.17, 15) is 4.79 Å². The van der Waals surface area contributed by atoms with Gasteiger partial charge in [-0.1, -0.05) is 49.9 Å². The molecule has 0 aliphatic rings. The zero-order chi connectivity index (χ0) is 21.8. The molecule has 162 valence electrons. The van der Waals surface area contributed by atoms with Gasteiger partial charge in [-0.25, -0.2) is 0 Å². The average molecular weight is 448 g/mol. The van der Waals surface area contributed by atoms with Gasteiger partial charge in [0.15, 0.2) is 0 Å². The number of unbranched alkanes of at least 4 members (excludes halogenated alkanes) is 3. The lowest BCUT2D eigenvalue weighted by atomic mass is 10.2. The van der Waals surface area contributed by atoms with Crippen LogP contribution in [0, 0.1) is 0 Å². The molecule has 0 bridgehead atoms. The van der Waals surface area contributed by atoms with Crippen molar-refractivity contribution in [2.45, 2.75) is 45.6 Å². The van der Waals surface area contributed by atoms with Crippen molar-refractivity contribution in [1.29, 1.82) is 0 Å². The van der Waals surface area contributed by atoms with E-state index in [2.05, 4.69) is 46.6 Å². The van der Waals surface area contributed by atoms with Crippen LogP contribution in [0.1, 0.15) is 44.6 Å². The Hall–Kier alpha value is -2.24. The van der Waals surface area contributed by atoms with Crippen LogP contribution in [0.5, 0.6) is 5.75 Å². The molecule has 30 heavy (non-hydrogen) atoms. The first-order chi connectivity index (χ1) is 14.6. The maximum Gasteiger partial charge on any atom is 0.305 e. The maximum absolute atomic E-state index is 10.6. The molecule has 0 amide bonds. The summed E-state index contributed by atoms with van der Waals surface area (Å²) in [6.45, 7) is 2.89. The summed E-state index contributed by atoms with van der Waals surface area (Å²) in [5.74, 6) is 0.617. The van der Waals surface area contributed by atoms with E-state index < -0.39 is 0 Å². The molecule has 0 saturated carbocycles. The number of methoxy groups -OCH3 is 2. The number of nitrogens with one attached hydrogen (secondary N) is 1. The first-order valence-electron chi connectivity index (χ1n) is 10.2. The molecule has 6 heteroatoms. The molecule has 3 rings (SSSR count). The minimum Gasteiger partial charge on any atom is -0.495 e. The molecule has 1 heterocycles. The van der Waals surface area contributed by atoms with E-state index >= 15 is 0 Å². The quantitative estimate of drug-likeness (QED) is 0.276. The third-order valence-electron chi connectivity index (χ3n) is 4.66. The summed E-state index contributed by atoms with van der Waals surface area (Å²) in [5.41, 5.74) is 2.28. The van der Waals surface area contributed by atoms with Crippen molar-refractivity contribution in [3.8, 4) is 5.75 Å². The van der Waals surface area contributed by atoms with Gasteiger partial charge >= 0.3 is 5.97 Å². The molecule has 0 atom stereocenters. The van der Waals surface area contributed by atoms with E-state index in [1.54, 1.807) is 18.4 Å². The van der Waals surface area contributed by atoms with Gasteiger partial charge in [0.25, 0.3) is 0 Å². The number of fused-ring (bicyclic) bond motifs is 1. The summed E-state index contributed by atoms with van der Waals surface area (Å²) in [5, 5.41) is 7.47. The van der Waals surface area contributed by atoms with Crippen molar-refractivity contribution in [2.75, 3.05) is 19.5 Å². The van der Waals surface area contributed by atoms with Crippen LogP contribution in [0.15, 0.2) is 47.8 Å². The van der Waals surface area contributed by atoms with Gasteiger partial charge in [0.1, 0.15) is 5.75 Å². The Morgan fingerprint density at radius 2 is 1.93 bits per heavy atom. The average Bonchev–Trinajstić information content (AvgIpc) is 3.25. The van der Waals surface area contributed by atoms with Crippen molar-refractivity contribution in [3.05, 3.63) is 58.4 Å². The zero-order valence-electron chi connectivity index (χ0n) is 17.9. The smallest absolute Gasteiger partial charge is 0.305 e. The van der Waals surface area contributed by atoms with Crippen LogP contribution in [0.3, 0.4) is 0 Å². The molecule has 3 aromatic rings. The Morgan fingerprint density at radius 1 is 1.10 bits per heavy atom. The minimum atomic E-state index is -0.0869. The van der Waals surface area contributed by atoms with Crippen molar-refractivity contribution in [1.82, 2.24) is 0 Å². The largest absolute Gasteiger partial charge is 0.495 e. The van der Waals surface area contributed by atoms with Crippen LogP contribution in [0.4, 0.5) is 5.69 Å². The van der Waals surface area contributed by atoms with E-state index in [0.29, 0.717) is 17.2 Å². The van der Waals surface area contributed by atoms with Crippen molar-refractivity contribution in [3.63, 3.8) is 0 Å². The standard InChI is InChI=1S/C16H14ClNOS.C8H16O2/c1-19-15-6-5-11(9-13(15)17)10-18-14-3-2-4-16-12(14)7-8-20-16;1-3-4-5-6-7-8(9)10-2/h2-9,18H,10H2,1H3;3-7H2,1-2H3. The van der Waals surface area contributed by atoms with Gasteiger partial charge in [-0.3, -0.25) is 4.79 Å². The fraction of sp³-hybridized carbons (Fsp3) is 0.375. The Labute approximate surface area is 188 Å². The zero-order valence-corrected chi connectivity index (χ0v) is 19.4. The minimum absolute atomic E-state index is 0.0869. The van der Waals surface area contributed by atoms with Gasteiger partial charge in [-0.05, 0) is 47.7 Å². The van der Waals surface area contributed by atoms with E-state index in [1.807, 2.05) is 18.2 Å². The Morgan fingerprint density at radius 3 is 2.63 bits per heavy atom. The van der Waals surface area contributed by atoms with Crippen molar-refractivity contribution >= 4 is 44.7 Å². The Kier molecular flexibility index (Phi) is 10.5. The van der Waals surface area contributed by atoms with Crippen LogP contribution in [0.25, 0.3) is 10.1 Å². The van der Waals surface area contributed by atoms with Gasteiger partial charge < -0.3 is 14.8 Å². The highest BCUT2D eigenvalue weighted by Gasteiger charge is 2.04. The second-order valence-electron chi connectivity index (χ2n) is 6.85. The second kappa shape index (κ2) is 13.1. The number of carbonyl (C=O) groups is 1. The van der Waals surface area contributed by atoms with Crippen LogP contribution >= 0.6 is 22.9 Å². The number of benzene rings is 2. The van der Waals surface area contributed by atoms with E-state index in [4.69, 9.17) is 16.3 Å². The summed E-state index contributed by atoms with van der Waals surface area (Å²) >= 11 is 7.89. The lowest BCUT2D eigenvalue weighted by Gasteiger charge is -2.09. The number of carbonyl (C=O) groups excluding carboxylic acids is 1. The van der Waals surface area contributed by atoms with Gasteiger partial charge in [0, 0.05) is 28.7 Å². The summed E-state index contributed by atoms with van der Waals surface area (Å²) in [6, 6.07) is 14.3. The fourth-order valence-corrected chi connectivity index (χ4v) is 4.06. The summed E-state index contributed by atoms with van der Waals surface area (Å²) in [7, 11) is 3.05. The summed E-state index contributed by atoms with van der Waals surface area (Å²) in [4.78, 5) is 10.6. The maximum atomic E-state index is 10.6. The van der Waals surface area contributed by atoms with Gasteiger partial charge in [-0.2, -0.15) is 0 Å². The molecule has 0 radical (unpaired) electrons. The van der Waals surface area contributed by atoms with Crippen molar-refractivity contribution < 1.29 is 14.3 Å². The van der Waals surface area contributed by atoms with E-state index in [-0.39, 0.29) is 5.97 Å². The van der Waals surface area contributed by atoms with Gasteiger partial charge in [0.2, 0.25) is 0 Å². The number of esters is 1. The highest BCUT2D eigenvalue weighted by atomic mass is 35.5. The predicted octanol–water partition coefficient (Wildman–Crippen LogP) is 7.31. The molecule has 0 fully saturated rings. The van der Waals surface area contributed by atoms with Crippen LogP contribution in [-0.2, 0) is 16.1 Å². The summed E-state index contributed by atoms with van der Waals surface area (Å²) < 4.78 is 10.9. The number of ether oxygens (including phenoxy) is 2. The molecule has 0 aliphatic carbocycles. The molecule has 0 unspecified atom stereocenters. The van der Waals surface area contributed by atoms with Crippen molar-refractivity contribution in [2.24, 2.45) is 0 Å². The number of anilines is 1. The third kappa shape index (κ3) is 7.54. The number of halogens is 1. The Balaban J connectivity index is 0.000000274. The van der Waals surface area contributed by atoms with E-state index in [1.165, 1.54) is 30.0 Å². The monoisotopic (exact) mass is 447 g/mol. The first kappa shape index (κ1) is 24.0. The molecular formula is C24H30ClNO3S. The highest BCUT2D eigenvalue weighted by Crippen LogP contribution is 2.29. The normalized spacial score (nSPS) is 10.3. The molecule has 4 nitrogen and oxygen atoms in total. The lowest BCUT2D eigenvalue weighted by molar-refractivity contribution is -0.140. The van der Waals surface area contributed by atoms with Crippen LogP contribution in [0.2, 0.25) is 5.02 Å². The third-order valence-corrected chi connectivity index (χ3v) is 5.83. The van der Waals surface area contributed by atoms with Crippen LogP contribution in [-0.4, -0.2) is 20.2 Å². The number of hydrogen-bond acceptors (Lipinski definition) is 5. The number of hydrogen-bond donors (Lipinski definition) is 1. The van der Waals surface area contributed by atoms with Gasteiger partial charge in [0.05, 0.1) is 19.2 Å². The summed E-state index contributed by atoms with van der Waals surface area (Å²) in [6.07, 6.45) is 5.13. The molecule has 2 aromatic carbocycles. The molecule has 0 saturated heterocycles. The van der Waals surface area contributed by atoms with Crippen LogP contribution < -0.4 is 10.1 Å². The number of thiophene rings is 1. The Bertz CT molecular complexity index is 926. The molecular weight excluding hydrogens is 418 g/mol. The topological polar surface area (TPSA) is 47.6 Å². The SMILES string of the molecule is CCCCCCC(=O)OC.COc1ccc(CNc2cccc3sccc23)cc1Cl. The molecule has 1 aromatic heterocycles. The predicted molar refractivity (Wildman–Crippen MR) is 128 cm³/mol. The molecule has 0 spiro atoms. The first-order valence-corrected chi connectivity index (χ1v) is 11.4. The van der Waals surface area contributed by atoms with Gasteiger partial charge in [-0.15, -0.1) is 11.3 Å². The molecule has 0 aliphatic heterocycles. The lowest BCUT2D eigenvalue weighted by Crippen LogP contribution is -1.99. The fourth-order valence-electron chi connectivity index (χ4n) is 2.96. The second-order valence-corrected chi connectivity index (χ2v) is 8.20. The van der Waals surface area contributed by atoms with E-state index in [0.717, 1.165) is 30.6 Å². The molecule has 1 N–H and O–H groups in total.